The molecule has 0 heterocycles. The fourth-order valence-corrected chi connectivity index (χ4v) is 1.94. The molecule has 0 amide bonds. The fraction of sp³-hybridized carbons (Fsp3) is 0.200. The Balaban J connectivity index is 3.08. The summed E-state index contributed by atoms with van der Waals surface area (Å²) in [4.78, 5) is 0.349. The van der Waals surface area contributed by atoms with Gasteiger partial charge < -0.3 is 0 Å². The van der Waals surface area contributed by atoms with E-state index in [9.17, 15) is 8.42 Å². The van der Waals surface area contributed by atoms with Crippen LogP contribution in [-0.4, -0.2) is 14.7 Å². The molecule has 4 heteroatoms. The standard InChI is InChI=1S/C10H11BrO2S/c1-8(11)7-9-3-5-10(6-4-9)14(2,12)13/h3-7H,1-2H3/b8-7+. The van der Waals surface area contributed by atoms with Gasteiger partial charge in [-0.2, -0.15) is 0 Å². The van der Waals surface area contributed by atoms with Crippen LogP contribution in [0.4, 0.5) is 0 Å². The number of hydrogen-bond acceptors (Lipinski definition) is 2. The summed E-state index contributed by atoms with van der Waals surface area (Å²) in [5, 5.41) is 0. The maximum absolute atomic E-state index is 11.1. The van der Waals surface area contributed by atoms with Crippen LogP contribution in [0.3, 0.4) is 0 Å². The van der Waals surface area contributed by atoms with E-state index in [-0.39, 0.29) is 0 Å². The van der Waals surface area contributed by atoms with Gasteiger partial charge >= 0.3 is 0 Å². The molecule has 0 N–H and O–H groups in total. The summed E-state index contributed by atoms with van der Waals surface area (Å²) < 4.78 is 23.3. The summed E-state index contributed by atoms with van der Waals surface area (Å²) in [6.45, 7) is 1.92. The Morgan fingerprint density at radius 2 is 1.79 bits per heavy atom. The van der Waals surface area contributed by atoms with Crippen LogP contribution >= 0.6 is 15.9 Å². The van der Waals surface area contributed by atoms with E-state index in [4.69, 9.17) is 0 Å². The van der Waals surface area contributed by atoms with E-state index in [2.05, 4.69) is 15.9 Å². The minimum Gasteiger partial charge on any atom is -0.224 e. The molecule has 76 valence electrons. The molecule has 0 fully saturated rings. The summed E-state index contributed by atoms with van der Waals surface area (Å²) in [7, 11) is -3.08. The highest BCUT2D eigenvalue weighted by atomic mass is 79.9. The summed E-state index contributed by atoms with van der Waals surface area (Å²) in [5.41, 5.74) is 0.978. The Labute approximate surface area is 92.7 Å². The molecule has 0 aromatic heterocycles. The Bertz CT molecular complexity index is 440. The third-order valence-corrected chi connectivity index (χ3v) is 3.03. The minimum absolute atomic E-state index is 0.349. The van der Waals surface area contributed by atoms with E-state index < -0.39 is 9.84 Å². The molecule has 0 aliphatic carbocycles. The molecule has 0 radical (unpaired) electrons. The van der Waals surface area contributed by atoms with Crippen LogP contribution in [0.2, 0.25) is 0 Å². The van der Waals surface area contributed by atoms with Gasteiger partial charge in [-0.15, -0.1) is 0 Å². The minimum atomic E-state index is -3.08. The van der Waals surface area contributed by atoms with Crippen molar-refractivity contribution in [2.45, 2.75) is 11.8 Å². The van der Waals surface area contributed by atoms with Gasteiger partial charge in [0.1, 0.15) is 0 Å². The maximum Gasteiger partial charge on any atom is 0.175 e. The van der Waals surface area contributed by atoms with Crippen molar-refractivity contribution in [3.05, 3.63) is 34.3 Å². The van der Waals surface area contributed by atoms with Crippen molar-refractivity contribution >= 4 is 31.8 Å². The number of sulfone groups is 1. The monoisotopic (exact) mass is 274 g/mol. The Morgan fingerprint density at radius 1 is 1.29 bits per heavy atom. The molecule has 0 aliphatic rings. The second kappa shape index (κ2) is 4.28. The Morgan fingerprint density at radius 3 is 2.14 bits per heavy atom. The van der Waals surface area contributed by atoms with E-state index in [1.165, 1.54) is 6.26 Å². The Hall–Kier alpha value is -0.610. The lowest BCUT2D eigenvalue weighted by Crippen LogP contribution is -1.96. The van der Waals surface area contributed by atoms with Gasteiger partial charge in [0.25, 0.3) is 0 Å². The summed E-state index contributed by atoms with van der Waals surface area (Å²) in [6, 6.07) is 6.77. The highest BCUT2D eigenvalue weighted by Gasteiger charge is 2.04. The van der Waals surface area contributed by atoms with Crippen molar-refractivity contribution in [3.63, 3.8) is 0 Å². The highest BCUT2D eigenvalue weighted by molar-refractivity contribution is 9.11. The van der Waals surface area contributed by atoms with Gasteiger partial charge in [0, 0.05) is 6.26 Å². The lowest BCUT2D eigenvalue weighted by Gasteiger charge is -1.98. The van der Waals surface area contributed by atoms with E-state index in [0.717, 1.165) is 10.0 Å². The summed E-state index contributed by atoms with van der Waals surface area (Å²) >= 11 is 3.31. The Kier molecular flexibility index (Phi) is 3.50. The molecule has 1 rings (SSSR count). The zero-order valence-corrected chi connectivity index (χ0v) is 10.4. The van der Waals surface area contributed by atoms with E-state index in [1.54, 1.807) is 24.3 Å². The number of halogens is 1. The van der Waals surface area contributed by atoms with Crippen molar-refractivity contribution in [2.24, 2.45) is 0 Å². The van der Waals surface area contributed by atoms with Crippen LogP contribution in [0.5, 0.6) is 0 Å². The second-order valence-electron chi connectivity index (χ2n) is 3.07. The average molecular weight is 275 g/mol. The van der Waals surface area contributed by atoms with Gasteiger partial charge in [0.15, 0.2) is 9.84 Å². The normalized spacial score (nSPS) is 12.9. The first kappa shape index (κ1) is 11.5. The lowest BCUT2D eigenvalue weighted by molar-refractivity contribution is 0.602. The number of allylic oxidation sites excluding steroid dienone is 1. The van der Waals surface area contributed by atoms with Gasteiger partial charge in [-0.3, -0.25) is 0 Å². The molecule has 0 saturated carbocycles. The maximum atomic E-state index is 11.1. The SMILES string of the molecule is C/C(Br)=C\c1ccc(S(C)(=O)=O)cc1. The molecular weight excluding hydrogens is 264 g/mol. The number of benzene rings is 1. The predicted octanol–water partition coefficient (Wildman–Crippen LogP) is 2.85. The first-order valence-electron chi connectivity index (χ1n) is 4.03. The van der Waals surface area contributed by atoms with Crippen molar-refractivity contribution < 1.29 is 8.42 Å². The number of hydrogen-bond donors (Lipinski definition) is 0. The van der Waals surface area contributed by atoms with Crippen LogP contribution in [0.25, 0.3) is 6.08 Å². The largest absolute Gasteiger partial charge is 0.224 e. The van der Waals surface area contributed by atoms with Gasteiger partial charge in [-0.25, -0.2) is 8.42 Å². The topological polar surface area (TPSA) is 34.1 Å². The molecular formula is C10H11BrO2S. The predicted molar refractivity (Wildman–Crippen MR) is 62.1 cm³/mol. The molecule has 0 bridgehead atoms. The highest BCUT2D eigenvalue weighted by Crippen LogP contribution is 2.14. The van der Waals surface area contributed by atoms with E-state index >= 15 is 0 Å². The van der Waals surface area contributed by atoms with Gasteiger partial charge in [-0.1, -0.05) is 28.1 Å². The average Bonchev–Trinajstić information content (AvgIpc) is 2.02. The molecule has 0 saturated heterocycles. The molecule has 1 aromatic carbocycles. The van der Waals surface area contributed by atoms with Gasteiger partial charge in [-0.05, 0) is 35.2 Å². The first-order valence-corrected chi connectivity index (χ1v) is 6.72. The van der Waals surface area contributed by atoms with Crippen molar-refractivity contribution in [1.29, 1.82) is 0 Å². The van der Waals surface area contributed by atoms with Crippen molar-refractivity contribution in [3.8, 4) is 0 Å². The van der Waals surface area contributed by atoms with Crippen LogP contribution in [0.15, 0.2) is 33.6 Å². The third-order valence-electron chi connectivity index (χ3n) is 1.67. The van der Waals surface area contributed by atoms with Crippen LogP contribution in [0.1, 0.15) is 12.5 Å². The van der Waals surface area contributed by atoms with Gasteiger partial charge in [0.2, 0.25) is 0 Å². The van der Waals surface area contributed by atoms with E-state index in [1.807, 2.05) is 13.0 Å². The summed E-state index contributed by atoms with van der Waals surface area (Å²) in [6.07, 6.45) is 3.12. The first-order chi connectivity index (χ1) is 6.39. The van der Waals surface area contributed by atoms with Crippen molar-refractivity contribution in [2.75, 3.05) is 6.26 Å². The zero-order chi connectivity index (χ0) is 10.8. The van der Waals surface area contributed by atoms with Crippen LogP contribution in [0, 0.1) is 0 Å². The molecule has 1 aromatic rings. The molecule has 0 spiro atoms. The van der Waals surface area contributed by atoms with E-state index in [0.29, 0.717) is 4.90 Å². The zero-order valence-electron chi connectivity index (χ0n) is 7.99. The molecule has 0 aliphatic heterocycles. The molecule has 14 heavy (non-hydrogen) atoms. The van der Waals surface area contributed by atoms with Crippen LogP contribution in [-0.2, 0) is 9.84 Å². The molecule has 2 nitrogen and oxygen atoms in total. The molecule has 0 unspecified atom stereocenters. The van der Waals surface area contributed by atoms with Gasteiger partial charge in [0.05, 0.1) is 4.90 Å². The van der Waals surface area contributed by atoms with Crippen molar-refractivity contribution in [1.82, 2.24) is 0 Å². The van der Waals surface area contributed by atoms with Crippen LogP contribution < -0.4 is 0 Å². The lowest BCUT2D eigenvalue weighted by atomic mass is 10.2. The molecule has 0 atom stereocenters. The summed E-state index contributed by atoms with van der Waals surface area (Å²) in [5.74, 6) is 0. The smallest absolute Gasteiger partial charge is 0.175 e. The third kappa shape index (κ3) is 3.27. The quantitative estimate of drug-likeness (QED) is 0.831. The second-order valence-corrected chi connectivity index (χ2v) is 6.34. The fourth-order valence-electron chi connectivity index (χ4n) is 1.04. The number of rotatable bonds is 2.